The summed E-state index contributed by atoms with van der Waals surface area (Å²) in [4.78, 5) is 12.1. The van der Waals surface area contributed by atoms with Crippen molar-refractivity contribution in [3.05, 3.63) is 58.1 Å². The van der Waals surface area contributed by atoms with Gasteiger partial charge in [-0.15, -0.1) is 0 Å². The van der Waals surface area contributed by atoms with Gasteiger partial charge in [0, 0.05) is 0 Å². The van der Waals surface area contributed by atoms with Crippen molar-refractivity contribution < 1.29 is 9.53 Å². The van der Waals surface area contributed by atoms with E-state index in [9.17, 15) is 4.79 Å². The molecule has 0 radical (unpaired) electrons. The van der Waals surface area contributed by atoms with Crippen molar-refractivity contribution in [1.29, 1.82) is 0 Å². The van der Waals surface area contributed by atoms with Crippen molar-refractivity contribution in [2.45, 2.75) is 20.0 Å². The highest BCUT2D eigenvalue weighted by Crippen LogP contribution is 2.29. The lowest BCUT2D eigenvalue weighted by Gasteiger charge is -2.15. The molecule has 0 aliphatic rings. The Labute approximate surface area is 133 Å². The Balaban J connectivity index is 2.02. The van der Waals surface area contributed by atoms with E-state index in [1.807, 2.05) is 31.2 Å². The van der Waals surface area contributed by atoms with Gasteiger partial charge in [-0.1, -0.05) is 47.0 Å². The number of nitrogens with one attached hydrogen (secondary N) is 1. The van der Waals surface area contributed by atoms with Gasteiger partial charge in [-0.3, -0.25) is 4.79 Å². The van der Waals surface area contributed by atoms with Crippen molar-refractivity contribution in [3.63, 3.8) is 0 Å². The second-order valence-electron chi connectivity index (χ2n) is 4.66. The highest BCUT2D eigenvalue weighted by Gasteiger charge is 2.16. The summed E-state index contributed by atoms with van der Waals surface area (Å²) in [6.07, 6.45) is -0.650. The molecule has 1 amide bonds. The molecule has 2 rings (SSSR count). The predicted octanol–water partition coefficient (Wildman–Crippen LogP) is 4.71. The van der Waals surface area contributed by atoms with Crippen molar-refractivity contribution >= 4 is 34.8 Å². The molecule has 0 fully saturated rings. The molecule has 0 saturated heterocycles. The van der Waals surface area contributed by atoms with Crippen LogP contribution in [0.15, 0.2) is 42.5 Å². The number of hydrogen-bond donors (Lipinski definition) is 1. The van der Waals surface area contributed by atoms with Crippen LogP contribution in [-0.2, 0) is 4.79 Å². The molecule has 0 saturated carbocycles. The Morgan fingerprint density at radius 2 is 1.81 bits per heavy atom. The first-order chi connectivity index (χ1) is 9.97. The second kappa shape index (κ2) is 6.83. The number of anilines is 1. The average molecular weight is 324 g/mol. The number of benzene rings is 2. The highest BCUT2D eigenvalue weighted by molar-refractivity contribution is 6.44. The smallest absolute Gasteiger partial charge is 0.265 e. The van der Waals surface area contributed by atoms with Gasteiger partial charge in [-0.2, -0.15) is 0 Å². The van der Waals surface area contributed by atoms with Crippen LogP contribution in [0, 0.1) is 6.92 Å². The van der Waals surface area contributed by atoms with E-state index in [0.29, 0.717) is 21.5 Å². The van der Waals surface area contributed by atoms with E-state index in [-0.39, 0.29) is 5.91 Å². The number of carbonyl (C=O) groups excluding carboxylic acids is 1. The van der Waals surface area contributed by atoms with Gasteiger partial charge in [0.1, 0.15) is 5.75 Å². The fourth-order valence-electron chi connectivity index (χ4n) is 1.71. The molecule has 0 spiro atoms. The van der Waals surface area contributed by atoms with Gasteiger partial charge in [0.25, 0.3) is 5.91 Å². The van der Waals surface area contributed by atoms with Gasteiger partial charge < -0.3 is 10.1 Å². The van der Waals surface area contributed by atoms with Gasteiger partial charge in [-0.05, 0) is 38.1 Å². The van der Waals surface area contributed by atoms with Gasteiger partial charge in [0.15, 0.2) is 6.10 Å². The van der Waals surface area contributed by atoms with Crippen LogP contribution in [0.4, 0.5) is 5.69 Å². The van der Waals surface area contributed by atoms with Gasteiger partial charge in [-0.25, -0.2) is 0 Å². The van der Waals surface area contributed by atoms with Crippen LogP contribution < -0.4 is 10.1 Å². The van der Waals surface area contributed by atoms with Gasteiger partial charge in [0.05, 0.1) is 15.7 Å². The maximum absolute atomic E-state index is 12.1. The van der Waals surface area contributed by atoms with Crippen LogP contribution in [0.5, 0.6) is 5.75 Å². The number of hydrogen-bond acceptors (Lipinski definition) is 2. The fraction of sp³-hybridized carbons (Fsp3) is 0.188. The third-order valence-electron chi connectivity index (χ3n) is 2.91. The number of aryl methyl sites for hydroxylation is 1. The molecule has 0 heterocycles. The van der Waals surface area contributed by atoms with E-state index in [1.165, 1.54) is 0 Å². The Kier molecular flexibility index (Phi) is 5.10. The standard InChI is InChI=1S/C16H15Cl2NO2/c1-10-6-8-12(9-7-10)21-11(2)16(20)19-14-5-3-4-13(17)15(14)18/h3-9,11H,1-2H3,(H,19,20)/t11-/m0/s1. The van der Waals surface area contributed by atoms with E-state index < -0.39 is 6.10 Å². The summed E-state index contributed by atoms with van der Waals surface area (Å²) in [7, 11) is 0. The lowest BCUT2D eigenvalue weighted by atomic mass is 10.2. The van der Waals surface area contributed by atoms with Gasteiger partial charge >= 0.3 is 0 Å². The van der Waals surface area contributed by atoms with E-state index in [1.54, 1.807) is 25.1 Å². The molecule has 1 N–H and O–H groups in total. The lowest BCUT2D eigenvalue weighted by Crippen LogP contribution is -2.30. The zero-order chi connectivity index (χ0) is 15.4. The number of amides is 1. The van der Waals surface area contributed by atoms with Crippen LogP contribution in [0.1, 0.15) is 12.5 Å². The molecule has 0 aliphatic carbocycles. The molecular formula is C16H15Cl2NO2. The molecule has 1 atom stereocenters. The highest BCUT2D eigenvalue weighted by atomic mass is 35.5. The maximum Gasteiger partial charge on any atom is 0.265 e. The van der Waals surface area contributed by atoms with Crippen molar-refractivity contribution in [2.24, 2.45) is 0 Å². The van der Waals surface area contributed by atoms with Gasteiger partial charge in [0.2, 0.25) is 0 Å². The first-order valence-corrected chi connectivity index (χ1v) is 7.21. The molecule has 2 aromatic carbocycles. The molecule has 0 bridgehead atoms. The zero-order valence-corrected chi connectivity index (χ0v) is 13.2. The van der Waals surface area contributed by atoms with E-state index in [4.69, 9.17) is 27.9 Å². The minimum atomic E-state index is -0.650. The number of carbonyl (C=O) groups is 1. The van der Waals surface area contributed by atoms with Crippen LogP contribution in [0.2, 0.25) is 10.0 Å². The number of ether oxygens (including phenoxy) is 1. The summed E-state index contributed by atoms with van der Waals surface area (Å²) in [5.74, 6) is 0.347. The lowest BCUT2D eigenvalue weighted by molar-refractivity contribution is -0.122. The van der Waals surface area contributed by atoms with E-state index in [0.717, 1.165) is 5.56 Å². The molecule has 3 nitrogen and oxygen atoms in total. The zero-order valence-electron chi connectivity index (χ0n) is 11.7. The molecular weight excluding hydrogens is 309 g/mol. The Bertz CT molecular complexity index is 641. The molecule has 21 heavy (non-hydrogen) atoms. The van der Waals surface area contributed by atoms with Crippen molar-refractivity contribution in [3.8, 4) is 5.75 Å². The molecule has 0 aromatic heterocycles. The third kappa shape index (κ3) is 4.13. The summed E-state index contributed by atoms with van der Waals surface area (Å²) >= 11 is 11.9. The van der Waals surface area contributed by atoms with E-state index in [2.05, 4.69) is 5.32 Å². The summed E-state index contributed by atoms with van der Waals surface area (Å²) < 4.78 is 5.59. The summed E-state index contributed by atoms with van der Waals surface area (Å²) in [6.45, 7) is 3.66. The molecule has 5 heteroatoms. The van der Waals surface area contributed by atoms with E-state index >= 15 is 0 Å². The SMILES string of the molecule is Cc1ccc(O[C@@H](C)C(=O)Nc2cccc(Cl)c2Cl)cc1. The fourth-order valence-corrected chi connectivity index (χ4v) is 2.06. The molecule has 0 aliphatic heterocycles. The quantitative estimate of drug-likeness (QED) is 0.885. The topological polar surface area (TPSA) is 38.3 Å². The predicted molar refractivity (Wildman–Crippen MR) is 86.4 cm³/mol. The third-order valence-corrected chi connectivity index (χ3v) is 3.73. The average Bonchev–Trinajstić information content (AvgIpc) is 2.46. The minimum absolute atomic E-state index is 0.292. The Morgan fingerprint density at radius 3 is 2.48 bits per heavy atom. The Morgan fingerprint density at radius 1 is 1.14 bits per heavy atom. The number of halogens is 2. The minimum Gasteiger partial charge on any atom is -0.481 e. The Hall–Kier alpha value is -1.71. The maximum atomic E-state index is 12.1. The van der Waals surface area contributed by atoms with Crippen LogP contribution in [0.25, 0.3) is 0 Å². The normalized spacial score (nSPS) is 11.8. The van der Waals surface area contributed by atoms with Crippen molar-refractivity contribution in [1.82, 2.24) is 0 Å². The summed E-state index contributed by atoms with van der Waals surface area (Å²) in [5.41, 5.74) is 1.60. The largest absolute Gasteiger partial charge is 0.481 e. The van der Waals surface area contributed by atoms with Crippen molar-refractivity contribution in [2.75, 3.05) is 5.32 Å². The summed E-state index contributed by atoms with van der Waals surface area (Å²) in [6, 6.07) is 12.6. The summed E-state index contributed by atoms with van der Waals surface area (Å²) in [5, 5.41) is 3.41. The monoisotopic (exact) mass is 323 g/mol. The van der Waals surface area contributed by atoms with Crippen LogP contribution >= 0.6 is 23.2 Å². The first-order valence-electron chi connectivity index (χ1n) is 6.45. The van der Waals surface area contributed by atoms with Crippen LogP contribution in [0.3, 0.4) is 0 Å². The molecule has 110 valence electrons. The second-order valence-corrected chi connectivity index (χ2v) is 5.45. The number of rotatable bonds is 4. The molecule has 0 unspecified atom stereocenters. The molecule has 2 aromatic rings. The van der Waals surface area contributed by atoms with Crippen LogP contribution in [-0.4, -0.2) is 12.0 Å². The first kappa shape index (κ1) is 15.7.